The predicted molar refractivity (Wildman–Crippen MR) is 45.4 cm³/mol. The Hall–Kier alpha value is -0.330. The summed E-state index contributed by atoms with van der Waals surface area (Å²) in [6.07, 6.45) is -4.22. The first-order valence-corrected chi connectivity index (χ1v) is 4.55. The van der Waals surface area contributed by atoms with Crippen molar-refractivity contribution in [2.75, 3.05) is 26.3 Å². The molecule has 1 rings (SSSR count). The van der Waals surface area contributed by atoms with Gasteiger partial charge in [0.15, 0.2) is 0 Å². The molecule has 0 radical (unpaired) electrons. The second-order valence-electron chi connectivity index (χ2n) is 3.64. The van der Waals surface area contributed by atoms with Crippen molar-refractivity contribution in [3.8, 4) is 0 Å². The van der Waals surface area contributed by atoms with Crippen LogP contribution in [0.3, 0.4) is 0 Å². The van der Waals surface area contributed by atoms with Crippen LogP contribution in [0.4, 0.5) is 13.2 Å². The average Bonchev–Trinajstić information content (AvgIpc) is 2.44. The molecule has 1 aliphatic heterocycles. The van der Waals surface area contributed by atoms with Crippen LogP contribution < -0.4 is 5.84 Å². The Morgan fingerprint density at radius 2 is 2.14 bits per heavy atom. The minimum Gasteiger partial charge on any atom is -0.381 e. The van der Waals surface area contributed by atoms with Gasteiger partial charge in [-0.1, -0.05) is 0 Å². The third-order valence-electron chi connectivity index (χ3n) is 2.57. The lowest BCUT2D eigenvalue weighted by molar-refractivity contribution is -0.235. The van der Waals surface area contributed by atoms with Crippen LogP contribution >= 0.6 is 0 Å². The fourth-order valence-corrected chi connectivity index (χ4v) is 1.63. The van der Waals surface area contributed by atoms with E-state index in [4.69, 9.17) is 10.6 Å². The fourth-order valence-electron chi connectivity index (χ4n) is 1.63. The quantitative estimate of drug-likeness (QED) is 0.713. The Bertz CT molecular complexity index is 198. The summed E-state index contributed by atoms with van der Waals surface area (Å²) in [5, 5.41) is 1.20. The van der Waals surface area contributed by atoms with Crippen LogP contribution in [-0.2, 0) is 4.74 Å². The van der Waals surface area contributed by atoms with Crippen molar-refractivity contribution < 1.29 is 17.9 Å². The summed E-state index contributed by atoms with van der Waals surface area (Å²) in [5.74, 6) is 5.36. The minimum absolute atomic E-state index is 0.0208. The molecule has 0 amide bonds. The van der Waals surface area contributed by atoms with E-state index in [2.05, 4.69) is 0 Å². The lowest BCUT2D eigenvalue weighted by Crippen LogP contribution is -2.45. The van der Waals surface area contributed by atoms with Gasteiger partial charge >= 0.3 is 6.18 Å². The van der Waals surface area contributed by atoms with Crippen LogP contribution in [-0.4, -0.2) is 37.5 Å². The largest absolute Gasteiger partial charge is 0.398 e. The zero-order chi connectivity index (χ0) is 10.8. The first kappa shape index (κ1) is 11.7. The van der Waals surface area contributed by atoms with Crippen LogP contribution in [0.5, 0.6) is 0 Å². The van der Waals surface area contributed by atoms with Crippen LogP contribution in [0.1, 0.15) is 13.3 Å². The second-order valence-corrected chi connectivity index (χ2v) is 3.64. The maximum absolute atomic E-state index is 12.8. The molecular formula is C8H15F3N2O. The van der Waals surface area contributed by atoms with E-state index < -0.39 is 11.6 Å². The average molecular weight is 212 g/mol. The van der Waals surface area contributed by atoms with E-state index in [9.17, 15) is 13.2 Å². The Balaban J connectivity index is 2.70. The van der Waals surface area contributed by atoms with Crippen molar-refractivity contribution >= 4 is 0 Å². The monoisotopic (exact) mass is 212 g/mol. The molecule has 1 heterocycles. The van der Waals surface area contributed by atoms with Crippen molar-refractivity contribution in [1.82, 2.24) is 5.01 Å². The SMILES string of the molecule is CCOCC1(C(F)(F)F)CCN(N)C1. The molecule has 6 heteroatoms. The number of nitrogens with two attached hydrogens (primary N) is 1. The molecule has 14 heavy (non-hydrogen) atoms. The maximum Gasteiger partial charge on any atom is 0.398 e. The molecule has 0 aromatic carbocycles. The first-order chi connectivity index (χ1) is 6.41. The number of halogens is 3. The van der Waals surface area contributed by atoms with Gasteiger partial charge in [0.05, 0.1) is 6.61 Å². The highest BCUT2D eigenvalue weighted by molar-refractivity contribution is 4.93. The molecule has 1 unspecified atom stereocenters. The zero-order valence-electron chi connectivity index (χ0n) is 8.10. The van der Waals surface area contributed by atoms with Gasteiger partial charge in [0.1, 0.15) is 5.41 Å². The van der Waals surface area contributed by atoms with Gasteiger partial charge in [-0.15, -0.1) is 0 Å². The molecule has 3 nitrogen and oxygen atoms in total. The van der Waals surface area contributed by atoms with Gasteiger partial charge in [0.2, 0.25) is 0 Å². The van der Waals surface area contributed by atoms with Gasteiger partial charge in [-0.2, -0.15) is 13.2 Å². The maximum atomic E-state index is 12.8. The Morgan fingerprint density at radius 3 is 2.50 bits per heavy atom. The normalized spacial score (nSPS) is 29.8. The number of nitrogens with zero attached hydrogens (tertiary/aromatic N) is 1. The van der Waals surface area contributed by atoms with Crippen molar-refractivity contribution in [1.29, 1.82) is 0 Å². The summed E-state index contributed by atoms with van der Waals surface area (Å²) in [6, 6.07) is 0. The predicted octanol–water partition coefficient (Wildman–Crippen LogP) is 1.15. The number of hydrogen-bond acceptors (Lipinski definition) is 3. The molecule has 1 saturated heterocycles. The van der Waals surface area contributed by atoms with Crippen molar-refractivity contribution in [3.05, 3.63) is 0 Å². The van der Waals surface area contributed by atoms with Gasteiger partial charge < -0.3 is 4.74 Å². The number of alkyl halides is 3. The lowest BCUT2D eigenvalue weighted by atomic mass is 9.87. The van der Waals surface area contributed by atoms with Gasteiger partial charge in [-0.3, -0.25) is 5.84 Å². The summed E-state index contributed by atoms with van der Waals surface area (Å²) < 4.78 is 43.1. The van der Waals surface area contributed by atoms with E-state index in [0.717, 1.165) is 0 Å². The van der Waals surface area contributed by atoms with Crippen molar-refractivity contribution in [2.45, 2.75) is 19.5 Å². The van der Waals surface area contributed by atoms with Crippen molar-refractivity contribution in [3.63, 3.8) is 0 Å². The molecule has 84 valence electrons. The number of hydrazine groups is 1. The van der Waals surface area contributed by atoms with Gasteiger partial charge in [0, 0.05) is 19.7 Å². The summed E-state index contributed by atoms with van der Waals surface area (Å²) in [6.45, 7) is 1.78. The van der Waals surface area contributed by atoms with Gasteiger partial charge in [0.25, 0.3) is 0 Å². The molecule has 2 N–H and O–H groups in total. The van der Waals surface area contributed by atoms with Gasteiger partial charge in [-0.25, -0.2) is 5.01 Å². The van der Waals surface area contributed by atoms with Crippen LogP contribution in [0, 0.1) is 5.41 Å². The standard InChI is InChI=1S/C8H15F3N2O/c1-2-14-6-7(8(9,10)11)3-4-13(12)5-7/h2-6,12H2,1H3. The molecule has 0 saturated carbocycles. The summed E-state index contributed by atoms with van der Waals surface area (Å²) >= 11 is 0. The third-order valence-corrected chi connectivity index (χ3v) is 2.57. The molecule has 0 aromatic heterocycles. The first-order valence-electron chi connectivity index (χ1n) is 4.55. The number of hydrogen-bond donors (Lipinski definition) is 1. The second kappa shape index (κ2) is 4.04. The highest BCUT2D eigenvalue weighted by Gasteiger charge is 2.57. The smallest absolute Gasteiger partial charge is 0.381 e. The Labute approximate surface area is 81.0 Å². The van der Waals surface area contributed by atoms with Crippen LogP contribution in [0.25, 0.3) is 0 Å². The molecular weight excluding hydrogens is 197 g/mol. The summed E-state index contributed by atoms with van der Waals surface area (Å²) in [5.41, 5.74) is -1.77. The van der Waals surface area contributed by atoms with Crippen LogP contribution in [0.15, 0.2) is 0 Å². The number of rotatable bonds is 3. The minimum atomic E-state index is -4.24. The Kier molecular flexibility index (Phi) is 3.39. The molecule has 0 aromatic rings. The summed E-state index contributed by atoms with van der Waals surface area (Å²) in [4.78, 5) is 0. The molecule has 1 atom stereocenters. The summed E-state index contributed by atoms with van der Waals surface area (Å²) in [7, 11) is 0. The van der Waals surface area contributed by atoms with E-state index in [-0.39, 0.29) is 26.1 Å². The van der Waals surface area contributed by atoms with Gasteiger partial charge in [-0.05, 0) is 13.3 Å². The van der Waals surface area contributed by atoms with E-state index in [0.29, 0.717) is 6.61 Å². The molecule has 1 fully saturated rings. The van der Waals surface area contributed by atoms with Crippen molar-refractivity contribution in [2.24, 2.45) is 11.3 Å². The molecule has 0 aliphatic carbocycles. The van der Waals surface area contributed by atoms with E-state index >= 15 is 0 Å². The van der Waals surface area contributed by atoms with E-state index in [1.807, 2.05) is 0 Å². The molecule has 0 bridgehead atoms. The number of ether oxygens (including phenoxy) is 1. The molecule has 1 aliphatic rings. The van der Waals surface area contributed by atoms with Crippen LogP contribution in [0.2, 0.25) is 0 Å². The van der Waals surface area contributed by atoms with E-state index in [1.54, 1.807) is 6.92 Å². The fraction of sp³-hybridized carbons (Fsp3) is 1.00. The lowest BCUT2D eigenvalue weighted by Gasteiger charge is -2.30. The van der Waals surface area contributed by atoms with E-state index in [1.165, 1.54) is 5.01 Å². The zero-order valence-corrected chi connectivity index (χ0v) is 8.10. The highest BCUT2D eigenvalue weighted by atomic mass is 19.4. The Morgan fingerprint density at radius 1 is 1.50 bits per heavy atom. The molecule has 0 spiro atoms. The third kappa shape index (κ3) is 2.18. The topological polar surface area (TPSA) is 38.5 Å². The highest BCUT2D eigenvalue weighted by Crippen LogP contribution is 2.44.